The summed E-state index contributed by atoms with van der Waals surface area (Å²) in [6, 6.07) is -0.170. The van der Waals surface area contributed by atoms with Gasteiger partial charge in [-0.2, -0.15) is 13.2 Å². The third-order valence-corrected chi connectivity index (χ3v) is 7.22. The van der Waals surface area contributed by atoms with Crippen molar-refractivity contribution in [1.82, 2.24) is 4.90 Å². The molecule has 2 unspecified atom stereocenters. The van der Waals surface area contributed by atoms with Crippen molar-refractivity contribution in [3.63, 3.8) is 0 Å². The van der Waals surface area contributed by atoms with Crippen molar-refractivity contribution in [1.29, 1.82) is 0 Å². The van der Waals surface area contributed by atoms with E-state index in [0.717, 1.165) is 37.0 Å². The first-order chi connectivity index (χ1) is 10.7. The molecule has 0 aliphatic heterocycles. The molecular weight excluding hydrogens is 371 g/mol. The van der Waals surface area contributed by atoms with Crippen LogP contribution in [0.4, 0.5) is 13.2 Å². The highest BCUT2D eigenvalue weighted by atomic mass is 79.9. The van der Waals surface area contributed by atoms with Crippen LogP contribution in [0.25, 0.3) is 0 Å². The number of rotatable bonds is 4. The Labute approximate surface area is 143 Å². The third kappa shape index (κ3) is 3.29. The van der Waals surface area contributed by atoms with E-state index < -0.39 is 12.7 Å². The molecule has 5 saturated carbocycles. The van der Waals surface area contributed by atoms with Crippen LogP contribution >= 0.6 is 15.9 Å². The van der Waals surface area contributed by atoms with Crippen LogP contribution in [0.1, 0.15) is 57.8 Å². The summed E-state index contributed by atoms with van der Waals surface area (Å²) in [7, 11) is 0. The van der Waals surface area contributed by atoms with Gasteiger partial charge in [-0.15, -0.1) is 0 Å². The monoisotopic (exact) mass is 393 g/mol. The van der Waals surface area contributed by atoms with Crippen LogP contribution in [0, 0.1) is 17.3 Å². The molecule has 0 saturated heterocycles. The molecule has 4 bridgehead atoms. The van der Waals surface area contributed by atoms with Crippen molar-refractivity contribution in [3.05, 3.63) is 0 Å². The molecule has 2 atom stereocenters. The van der Waals surface area contributed by atoms with Gasteiger partial charge in [0.15, 0.2) is 0 Å². The zero-order valence-electron chi connectivity index (χ0n) is 13.2. The predicted octanol–water partition coefficient (Wildman–Crippen LogP) is 4.66. The van der Waals surface area contributed by atoms with E-state index >= 15 is 0 Å². The summed E-state index contributed by atoms with van der Waals surface area (Å²) in [4.78, 5) is 13.8. The fraction of sp³-hybridized carbons (Fsp3) is 0.941. The zero-order valence-corrected chi connectivity index (χ0v) is 14.8. The van der Waals surface area contributed by atoms with Gasteiger partial charge in [0.25, 0.3) is 0 Å². The van der Waals surface area contributed by atoms with E-state index in [4.69, 9.17) is 0 Å². The van der Waals surface area contributed by atoms with Gasteiger partial charge >= 0.3 is 6.18 Å². The Bertz CT molecular complexity index is 502. The maximum Gasteiger partial charge on any atom is 0.406 e. The molecule has 1 amide bonds. The Balaban J connectivity index is 1.49. The quantitative estimate of drug-likeness (QED) is 0.635. The zero-order chi connectivity index (χ0) is 16.5. The maximum absolute atomic E-state index is 12.8. The van der Waals surface area contributed by atoms with Crippen molar-refractivity contribution in [2.45, 2.75) is 74.3 Å². The van der Waals surface area contributed by atoms with Gasteiger partial charge in [0.1, 0.15) is 6.54 Å². The van der Waals surface area contributed by atoms with Crippen molar-refractivity contribution in [3.8, 4) is 0 Å². The van der Waals surface area contributed by atoms with Crippen molar-refractivity contribution in [2.75, 3.05) is 6.54 Å². The topological polar surface area (TPSA) is 20.3 Å². The van der Waals surface area contributed by atoms with Gasteiger partial charge in [0.2, 0.25) is 5.91 Å². The number of carbonyl (C=O) groups is 1. The predicted molar refractivity (Wildman–Crippen MR) is 84.2 cm³/mol. The van der Waals surface area contributed by atoms with E-state index in [1.54, 1.807) is 0 Å². The molecule has 0 spiro atoms. The Morgan fingerprint density at radius 3 is 2.22 bits per heavy atom. The minimum Gasteiger partial charge on any atom is -0.331 e. The highest BCUT2D eigenvalue weighted by Gasteiger charge is 2.57. The lowest BCUT2D eigenvalue weighted by molar-refractivity contribution is -0.166. The summed E-state index contributed by atoms with van der Waals surface area (Å²) >= 11 is 3.90. The first kappa shape index (κ1) is 16.2. The largest absolute Gasteiger partial charge is 0.406 e. The fourth-order valence-electron chi connectivity index (χ4n) is 5.97. The number of nitrogens with zero attached hydrogens (tertiary/aromatic N) is 1. The molecule has 0 radical (unpaired) electrons. The normalized spacial score (nSPS) is 42.1. The molecule has 5 aliphatic rings. The minimum atomic E-state index is -4.30. The second-order valence-electron chi connectivity index (χ2n) is 8.66. The smallest absolute Gasteiger partial charge is 0.331 e. The summed E-state index contributed by atoms with van der Waals surface area (Å²) < 4.78 is 38.6. The molecule has 0 aromatic heterocycles. The first-order valence-corrected chi connectivity index (χ1v) is 9.50. The van der Waals surface area contributed by atoms with Crippen LogP contribution < -0.4 is 0 Å². The Hall–Kier alpha value is -0.260. The van der Waals surface area contributed by atoms with Gasteiger partial charge in [0.05, 0.1) is 0 Å². The Kier molecular flexibility index (Phi) is 3.61. The Morgan fingerprint density at radius 1 is 1.13 bits per heavy atom. The Morgan fingerprint density at radius 2 is 1.74 bits per heavy atom. The molecule has 5 aliphatic carbocycles. The van der Waals surface area contributed by atoms with Gasteiger partial charge in [0, 0.05) is 16.8 Å². The summed E-state index contributed by atoms with van der Waals surface area (Å²) in [5.74, 6) is 1.05. The number of carbonyl (C=O) groups excluding carboxylic acids is 1. The lowest BCUT2D eigenvalue weighted by Gasteiger charge is -2.60. The van der Waals surface area contributed by atoms with E-state index in [1.807, 2.05) is 0 Å². The van der Waals surface area contributed by atoms with E-state index in [-0.39, 0.29) is 21.7 Å². The highest BCUT2D eigenvalue weighted by molar-refractivity contribution is 9.10. The molecule has 0 aromatic rings. The van der Waals surface area contributed by atoms with Crippen LogP contribution in [0.3, 0.4) is 0 Å². The van der Waals surface area contributed by atoms with Gasteiger partial charge in [-0.1, -0.05) is 15.9 Å². The first-order valence-electron chi connectivity index (χ1n) is 8.71. The number of halogens is 4. The average molecular weight is 394 g/mol. The van der Waals surface area contributed by atoms with Crippen molar-refractivity contribution >= 4 is 21.8 Å². The van der Waals surface area contributed by atoms with E-state index in [9.17, 15) is 18.0 Å². The molecule has 6 heteroatoms. The van der Waals surface area contributed by atoms with E-state index in [2.05, 4.69) is 15.9 Å². The lowest BCUT2D eigenvalue weighted by Crippen LogP contribution is -2.54. The van der Waals surface area contributed by atoms with Crippen LogP contribution in [0.15, 0.2) is 0 Å². The second-order valence-corrected chi connectivity index (χ2v) is 10.3. The van der Waals surface area contributed by atoms with Crippen LogP contribution in [0.5, 0.6) is 0 Å². The standard InChI is InChI=1S/C17H23BrF3NO/c18-16-6-11-3-12(7-16)5-15(4-11,9-16)8-14(23)22(13-1-2-13)10-17(19,20)21/h11-13H,1-10H2. The molecule has 5 rings (SSSR count). The molecule has 0 heterocycles. The molecule has 23 heavy (non-hydrogen) atoms. The van der Waals surface area contributed by atoms with E-state index in [0.29, 0.717) is 18.3 Å². The summed E-state index contributed by atoms with van der Waals surface area (Å²) in [5.41, 5.74) is -0.0522. The van der Waals surface area contributed by atoms with E-state index in [1.165, 1.54) is 19.3 Å². The van der Waals surface area contributed by atoms with Crippen LogP contribution in [-0.4, -0.2) is 33.9 Å². The molecule has 0 aromatic carbocycles. The molecule has 130 valence electrons. The van der Waals surface area contributed by atoms with Crippen LogP contribution in [0.2, 0.25) is 0 Å². The van der Waals surface area contributed by atoms with Crippen LogP contribution in [-0.2, 0) is 4.79 Å². The van der Waals surface area contributed by atoms with Crippen molar-refractivity contribution < 1.29 is 18.0 Å². The van der Waals surface area contributed by atoms with Gasteiger partial charge in [-0.3, -0.25) is 4.79 Å². The number of hydrogen-bond acceptors (Lipinski definition) is 1. The molecule has 2 nitrogen and oxygen atoms in total. The SMILES string of the molecule is O=C(CC12CC3CC(CC(Br)(C3)C1)C2)N(CC(F)(F)F)C1CC1. The lowest BCUT2D eigenvalue weighted by atomic mass is 9.48. The van der Waals surface area contributed by atoms with Crippen molar-refractivity contribution in [2.24, 2.45) is 17.3 Å². The van der Waals surface area contributed by atoms with Gasteiger partial charge < -0.3 is 4.90 Å². The average Bonchev–Trinajstić information content (AvgIpc) is 3.14. The van der Waals surface area contributed by atoms with Gasteiger partial charge in [-0.25, -0.2) is 0 Å². The summed E-state index contributed by atoms with van der Waals surface area (Å²) in [6.07, 6.45) is 4.10. The maximum atomic E-state index is 12.8. The van der Waals surface area contributed by atoms with Gasteiger partial charge in [-0.05, 0) is 68.6 Å². The number of hydrogen-bond donors (Lipinski definition) is 0. The fourth-order valence-corrected chi connectivity index (χ4v) is 7.48. The molecule has 0 N–H and O–H groups in total. The second kappa shape index (κ2) is 5.12. The minimum absolute atomic E-state index is 0.0522. The number of alkyl halides is 4. The third-order valence-electron chi connectivity index (χ3n) is 6.29. The number of amides is 1. The molecular formula is C17H23BrF3NO. The highest BCUT2D eigenvalue weighted by Crippen LogP contribution is 2.65. The molecule has 5 fully saturated rings. The summed E-state index contributed by atoms with van der Waals surface area (Å²) in [6.45, 7) is -1.07. The summed E-state index contributed by atoms with van der Waals surface area (Å²) in [5, 5.41) is 0.